The molecule has 0 aromatic heterocycles. The topological polar surface area (TPSA) is 26.0 Å². The first-order valence-electron chi connectivity index (χ1n) is 6.52. The lowest BCUT2D eigenvalue weighted by molar-refractivity contribution is 0.348. The number of rotatable bonds is 2. The van der Waals surface area contributed by atoms with E-state index in [9.17, 15) is 0 Å². The highest BCUT2D eigenvalue weighted by molar-refractivity contribution is 5.28. The Balaban J connectivity index is 2.11. The summed E-state index contributed by atoms with van der Waals surface area (Å²) in [5, 5.41) is 0. The lowest BCUT2D eigenvalue weighted by Crippen LogP contribution is -2.12. The normalized spacial score (nSPS) is 27.7. The van der Waals surface area contributed by atoms with E-state index in [2.05, 4.69) is 38.1 Å². The van der Waals surface area contributed by atoms with Gasteiger partial charge in [-0.25, -0.2) is 0 Å². The van der Waals surface area contributed by atoms with Crippen molar-refractivity contribution in [2.24, 2.45) is 11.7 Å². The Morgan fingerprint density at radius 3 is 2.50 bits per heavy atom. The predicted molar refractivity (Wildman–Crippen MR) is 69.4 cm³/mol. The fourth-order valence-electron chi connectivity index (χ4n) is 2.69. The quantitative estimate of drug-likeness (QED) is 0.796. The van der Waals surface area contributed by atoms with E-state index in [1.54, 1.807) is 0 Å². The third-order valence-electron chi connectivity index (χ3n) is 3.92. The van der Waals surface area contributed by atoms with Gasteiger partial charge in [0.25, 0.3) is 0 Å². The zero-order valence-electron chi connectivity index (χ0n) is 10.4. The fraction of sp³-hybridized carbons (Fsp3) is 0.600. The maximum Gasteiger partial charge on any atom is 0.0266 e. The van der Waals surface area contributed by atoms with Crippen LogP contribution in [0.25, 0.3) is 0 Å². The van der Waals surface area contributed by atoms with Crippen LogP contribution in [0.1, 0.15) is 62.6 Å². The summed E-state index contributed by atoms with van der Waals surface area (Å²) in [6, 6.07) is 9.03. The molecule has 0 spiro atoms. The molecule has 0 radical (unpaired) electrons. The number of benzene rings is 1. The minimum atomic E-state index is 0.155. The molecule has 0 bridgehead atoms. The number of hydrogen-bond donors (Lipinski definition) is 1. The lowest BCUT2D eigenvalue weighted by Gasteiger charge is -2.27. The second-order valence-corrected chi connectivity index (χ2v) is 5.42. The standard InChI is InChI=1S/C15H23N/c1-11-6-8-13(9-7-11)15-5-3-4-14(10-15)12(2)16/h3-5,10-13H,6-9,16H2,1-2H3. The van der Waals surface area contributed by atoms with Crippen molar-refractivity contribution < 1.29 is 0 Å². The molecule has 1 aliphatic rings. The van der Waals surface area contributed by atoms with Crippen LogP contribution in [0.3, 0.4) is 0 Å². The Labute approximate surface area is 99.0 Å². The van der Waals surface area contributed by atoms with Crippen molar-refractivity contribution in [3.63, 3.8) is 0 Å². The molecule has 2 N–H and O–H groups in total. The van der Waals surface area contributed by atoms with E-state index >= 15 is 0 Å². The van der Waals surface area contributed by atoms with Gasteiger partial charge in [-0.05, 0) is 42.7 Å². The monoisotopic (exact) mass is 217 g/mol. The molecule has 1 aromatic rings. The van der Waals surface area contributed by atoms with Crippen molar-refractivity contribution in [2.45, 2.75) is 51.5 Å². The number of hydrogen-bond acceptors (Lipinski definition) is 1. The molecule has 0 saturated heterocycles. The first kappa shape index (κ1) is 11.7. The number of nitrogens with two attached hydrogens (primary N) is 1. The van der Waals surface area contributed by atoms with Crippen LogP contribution in [0.4, 0.5) is 0 Å². The molecule has 0 aliphatic heterocycles. The fourth-order valence-corrected chi connectivity index (χ4v) is 2.69. The van der Waals surface area contributed by atoms with E-state index < -0.39 is 0 Å². The molecule has 0 heterocycles. The summed E-state index contributed by atoms with van der Waals surface area (Å²) < 4.78 is 0. The van der Waals surface area contributed by atoms with Crippen LogP contribution in [-0.2, 0) is 0 Å². The molecular weight excluding hydrogens is 194 g/mol. The molecule has 1 atom stereocenters. The van der Waals surface area contributed by atoms with Crippen molar-refractivity contribution in [3.05, 3.63) is 35.4 Å². The first-order valence-corrected chi connectivity index (χ1v) is 6.52. The largest absolute Gasteiger partial charge is 0.324 e. The highest BCUT2D eigenvalue weighted by Gasteiger charge is 2.19. The molecule has 2 rings (SSSR count). The highest BCUT2D eigenvalue weighted by atomic mass is 14.6. The third kappa shape index (κ3) is 2.65. The second kappa shape index (κ2) is 5.01. The van der Waals surface area contributed by atoms with Gasteiger partial charge in [0.05, 0.1) is 0 Å². The summed E-state index contributed by atoms with van der Waals surface area (Å²) in [6.45, 7) is 4.43. The minimum absolute atomic E-state index is 0.155. The maximum absolute atomic E-state index is 5.93. The molecule has 1 unspecified atom stereocenters. The van der Waals surface area contributed by atoms with Crippen LogP contribution in [0.2, 0.25) is 0 Å². The summed E-state index contributed by atoms with van der Waals surface area (Å²) >= 11 is 0. The Morgan fingerprint density at radius 2 is 1.88 bits per heavy atom. The highest BCUT2D eigenvalue weighted by Crippen LogP contribution is 2.35. The van der Waals surface area contributed by atoms with E-state index in [4.69, 9.17) is 5.73 Å². The lowest BCUT2D eigenvalue weighted by atomic mass is 9.79. The van der Waals surface area contributed by atoms with E-state index in [0.29, 0.717) is 0 Å². The molecular formula is C15H23N. The SMILES string of the molecule is CC1CCC(c2cccc(C(C)N)c2)CC1. The molecule has 1 aliphatic carbocycles. The van der Waals surface area contributed by atoms with E-state index in [-0.39, 0.29) is 6.04 Å². The average molecular weight is 217 g/mol. The van der Waals surface area contributed by atoms with Gasteiger partial charge in [-0.15, -0.1) is 0 Å². The van der Waals surface area contributed by atoms with Crippen molar-refractivity contribution in [1.82, 2.24) is 0 Å². The van der Waals surface area contributed by atoms with Gasteiger partial charge in [-0.3, -0.25) is 0 Å². The Morgan fingerprint density at radius 1 is 1.19 bits per heavy atom. The van der Waals surface area contributed by atoms with Crippen molar-refractivity contribution in [3.8, 4) is 0 Å². The second-order valence-electron chi connectivity index (χ2n) is 5.42. The Bertz CT molecular complexity index is 335. The van der Waals surface area contributed by atoms with E-state index in [0.717, 1.165) is 11.8 Å². The molecule has 88 valence electrons. The molecule has 1 nitrogen and oxygen atoms in total. The van der Waals surface area contributed by atoms with Gasteiger partial charge in [0.2, 0.25) is 0 Å². The molecule has 16 heavy (non-hydrogen) atoms. The zero-order valence-corrected chi connectivity index (χ0v) is 10.4. The van der Waals surface area contributed by atoms with Gasteiger partial charge in [0.1, 0.15) is 0 Å². The van der Waals surface area contributed by atoms with E-state index in [1.165, 1.54) is 36.8 Å². The predicted octanol–water partition coefficient (Wildman–Crippen LogP) is 4.00. The smallest absolute Gasteiger partial charge is 0.0266 e. The average Bonchev–Trinajstić information content (AvgIpc) is 2.30. The Kier molecular flexibility index (Phi) is 3.65. The zero-order chi connectivity index (χ0) is 11.5. The van der Waals surface area contributed by atoms with Crippen molar-refractivity contribution in [1.29, 1.82) is 0 Å². The summed E-state index contributed by atoms with van der Waals surface area (Å²) in [4.78, 5) is 0. The third-order valence-corrected chi connectivity index (χ3v) is 3.92. The van der Waals surface area contributed by atoms with Gasteiger partial charge in [-0.1, -0.05) is 44.0 Å². The molecule has 1 heteroatoms. The van der Waals surface area contributed by atoms with E-state index in [1.807, 2.05) is 0 Å². The summed E-state index contributed by atoms with van der Waals surface area (Å²) in [6.07, 6.45) is 5.47. The maximum atomic E-state index is 5.93. The summed E-state index contributed by atoms with van der Waals surface area (Å²) in [5.41, 5.74) is 8.71. The summed E-state index contributed by atoms with van der Waals surface area (Å²) in [7, 11) is 0. The first-order chi connectivity index (χ1) is 7.66. The van der Waals surface area contributed by atoms with Crippen molar-refractivity contribution >= 4 is 0 Å². The Hall–Kier alpha value is -0.820. The molecule has 1 saturated carbocycles. The minimum Gasteiger partial charge on any atom is -0.324 e. The molecule has 1 aromatic carbocycles. The van der Waals surface area contributed by atoms with Gasteiger partial charge in [-0.2, -0.15) is 0 Å². The summed E-state index contributed by atoms with van der Waals surface area (Å²) in [5.74, 6) is 1.70. The molecule has 0 amide bonds. The van der Waals surface area contributed by atoms with Crippen LogP contribution in [0.5, 0.6) is 0 Å². The van der Waals surface area contributed by atoms with Gasteiger partial charge < -0.3 is 5.73 Å². The van der Waals surface area contributed by atoms with Crippen LogP contribution in [0, 0.1) is 5.92 Å². The van der Waals surface area contributed by atoms with Crippen LogP contribution >= 0.6 is 0 Å². The van der Waals surface area contributed by atoms with Crippen LogP contribution in [-0.4, -0.2) is 0 Å². The van der Waals surface area contributed by atoms with Gasteiger partial charge in [0.15, 0.2) is 0 Å². The van der Waals surface area contributed by atoms with Crippen LogP contribution in [0.15, 0.2) is 24.3 Å². The van der Waals surface area contributed by atoms with Crippen molar-refractivity contribution in [2.75, 3.05) is 0 Å². The molecule has 1 fully saturated rings. The van der Waals surface area contributed by atoms with Gasteiger partial charge >= 0.3 is 0 Å². The van der Waals surface area contributed by atoms with Crippen LogP contribution < -0.4 is 5.73 Å². The van der Waals surface area contributed by atoms with Gasteiger partial charge in [0, 0.05) is 6.04 Å².